The van der Waals surface area contributed by atoms with E-state index in [-0.39, 0.29) is 10.8 Å². The van der Waals surface area contributed by atoms with Gasteiger partial charge < -0.3 is 5.32 Å². The highest BCUT2D eigenvalue weighted by atomic mass is 32.2. The first-order valence-electron chi connectivity index (χ1n) is 9.37. The number of pyridine rings is 1. The van der Waals surface area contributed by atoms with E-state index in [1.165, 1.54) is 10.4 Å². The number of hydrogen-bond donors (Lipinski definition) is 1. The van der Waals surface area contributed by atoms with E-state index in [2.05, 4.69) is 10.3 Å². The molecule has 1 aromatic heterocycles. The van der Waals surface area contributed by atoms with E-state index in [1.807, 2.05) is 38.1 Å². The van der Waals surface area contributed by atoms with Crippen LogP contribution < -0.4 is 5.32 Å². The first kappa shape index (κ1) is 20.7. The second-order valence-electron chi connectivity index (χ2n) is 6.38. The number of carbonyl (C=O) groups is 1. The number of fused-ring (bicyclic) bond motifs is 1. The maximum atomic E-state index is 12.5. The van der Waals surface area contributed by atoms with Crippen LogP contribution in [0.4, 0.5) is 5.69 Å². The summed E-state index contributed by atoms with van der Waals surface area (Å²) in [5.41, 5.74) is 1.45. The number of carbonyl (C=O) groups excluding carboxylic acids is 1. The Morgan fingerprint density at radius 3 is 2.48 bits per heavy atom. The predicted octanol–water partition coefficient (Wildman–Crippen LogP) is 3.92. The first-order chi connectivity index (χ1) is 14.0. The molecule has 0 atom stereocenters. The molecule has 2 aromatic carbocycles. The summed E-state index contributed by atoms with van der Waals surface area (Å²) in [7, 11) is -3.49. The standard InChI is InChI=1S/C22H23N3O3S/c1-3-25(4-2)29(27,28)19-11-8-17(9-12-19)10-13-22(26)24-21-7-5-6-18-16-23-15-14-20(18)21/h5-16H,3-4H2,1-2H3,(H,24,26)/b13-10+. The molecule has 150 valence electrons. The van der Waals surface area contributed by atoms with Crippen LogP contribution in [0.25, 0.3) is 16.8 Å². The molecule has 1 amide bonds. The smallest absolute Gasteiger partial charge is 0.248 e. The average Bonchev–Trinajstić information content (AvgIpc) is 2.73. The minimum atomic E-state index is -3.49. The van der Waals surface area contributed by atoms with Crippen LogP contribution in [0, 0.1) is 0 Å². The third-order valence-corrected chi connectivity index (χ3v) is 6.65. The van der Waals surface area contributed by atoms with E-state index in [0.717, 1.165) is 16.3 Å². The van der Waals surface area contributed by atoms with E-state index in [4.69, 9.17) is 0 Å². The van der Waals surface area contributed by atoms with Gasteiger partial charge in [-0.25, -0.2) is 8.42 Å². The fourth-order valence-corrected chi connectivity index (χ4v) is 4.50. The molecular weight excluding hydrogens is 386 g/mol. The summed E-state index contributed by atoms with van der Waals surface area (Å²) >= 11 is 0. The topological polar surface area (TPSA) is 79.4 Å². The number of amides is 1. The summed E-state index contributed by atoms with van der Waals surface area (Å²) in [5, 5.41) is 4.72. The van der Waals surface area contributed by atoms with Crippen LogP contribution in [0.3, 0.4) is 0 Å². The largest absolute Gasteiger partial charge is 0.322 e. The number of rotatable bonds is 7. The van der Waals surface area contributed by atoms with Gasteiger partial charge in [0.25, 0.3) is 0 Å². The number of aromatic nitrogens is 1. The van der Waals surface area contributed by atoms with Gasteiger partial charge >= 0.3 is 0 Å². The van der Waals surface area contributed by atoms with Crippen LogP contribution in [0.2, 0.25) is 0 Å². The number of anilines is 1. The summed E-state index contributed by atoms with van der Waals surface area (Å²) in [6.07, 6.45) is 6.50. The molecule has 0 saturated heterocycles. The van der Waals surface area contributed by atoms with Gasteiger partial charge in [-0.3, -0.25) is 9.78 Å². The van der Waals surface area contributed by atoms with Crippen molar-refractivity contribution in [1.29, 1.82) is 0 Å². The van der Waals surface area contributed by atoms with Crippen molar-refractivity contribution in [2.45, 2.75) is 18.7 Å². The SMILES string of the molecule is CCN(CC)S(=O)(=O)c1ccc(/C=C/C(=O)Nc2cccc3cnccc23)cc1. The van der Waals surface area contributed by atoms with Crippen molar-refractivity contribution in [1.82, 2.24) is 9.29 Å². The number of nitrogens with zero attached hydrogens (tertiary/aromatic N) is 2. The molecule has 1 N–H and O–H groups in total. The summed E-state index contributed by atoms with van der Waals surface area (Å²) in [5.74, 6) is -0.269. The van der Waals surface area contributed by atoms with Gasteiger partial charge in [-0.15, -0.1) is 0 Å². The van der Waals surface area contributed by atoms with Crippen LogP contribution >= 0.6 is 0 Å². The lowest BCUT2D eigenvalue weighted by Crippen LogP contribution is -2.30. The highest BCUT2D eigenvalue weighted by Crippen LogP contribution is 2.22. The fourth-order valence-electron chi connectivity index (χ4n) is 3.04. The van der Waals surface area contributed by atoms with Crippen LogP contribution in [0.5, 0.6) is 0 Å². The fraction of sp³-hybridized carbons (Fsp3) is 0.182. The molecule has 0 aliphatic rings. The summed E-state index contributed by atoms with van der Waals surface area (Å²) in [6, 6.07) is 14.0. The molecule has 1 heterocycles. The van der Waals surface area contributed by atoms with Crippen molar-refractivity contribution in [2.75, 3.05) is 18.4 Å². The van der Waals surface area contributed by atoms with E-state index in [9.17, 15) is 13.2 Å². The van der Waals surface area contributed by atoms with Gasteiger partial charge in [-0.1, -0.05) is 38.1 Å². The van der Waals surface area contributed by atoms with Crippen molar-refractivity contribution in [3.8, 4) is 0 Å². The van der Waals surface area contributed by atoms with Crippen LogP contribution in [0.15, 0.2) is 71.9 Å². The maximum absolute atomic E-state index is 12.5. The third-order valence-electron chi connectivity index (χ3n) is 4.59. The lowest BCUT2D eigenvalue weighted by molar-refractivity contribution is -0.111. The molecule has 0 saturated carbocycles. The van der Waals surface area contributed by atoms with Crippen LogP contribution in [-0.4, -0.2) is 36.7 Å². The Morgan fingerprint density at radius 2 is 1.79 bits per heavy atom. The van der Waals surface area contributed by atoms with Crippen LogP contribution in [0.1, 0.15) is 19.4 Å². The Kier molecular flexibility index (Phi) is 6.41. The highest BCUT2D eigenvalue weighted by Gasteiger charge is 2.20. The van der Waals surface area contributed by atoms with Crippen molar-refractivity contribution in [3.05, 3.63) is 72.6 Å². The van der Waals surface area contributed by atoms with Gasteiger partial charge in [-0.2, -0.15) is 4.31 Å². The Hall–Kier alpha value is -3.03. The Balaban J connectivity index is 1.72. The molecule has 0 spiro atoms. The molecule has 0 radical (unpaired) electrons. The van der Waals surface area contributed by atoms with Crippen molar-refractivity contribution >= 4 is 38.5 Å². The molecule has 0 bridgehead atoms. The molecule has 0 aliphatic carbocycles. The lowest BCUT2D eigenvalue weighted by atomic mass is 10.1. The predicted molar refractivity (Wildman–Crippen MR) is 116 cm³/mol. The van der Waals surface area contributed by atoms with E-state index in [1.54, 1.807) is 42.7 Å². The summed E-state index contributed by atoms with van der Waals surface area (Å²) in [4.78, 5) is 16.6. The van der Waals surface area contributed by atoms with Crippen LogP contribution in [-0.2, 0) is 14.8 Å². The van der Waals surface area contributed by atoms with Crippen molar-refractivity contribution in [3.63, 3.8) is 0 Å². The Bertz CT molecular complexity index is 1130. The average molecular weight is 410 g/mol. The number of nitrogens with one attached hydrogen (secondary N) is 1. The number of hydrogen-bond acceptors (Lipinski definition) is 4. The molecule has 0 unspecified atom stereocenters. The van der Waals surface area contributed by atoms with Gasteiger partial charge in [0.15, 0.2) is 0 Å². The zero-order chi connectivity index (χ0) is 20.9. The molecule has 29 heavy (non-hydrogen) atoms. The zero-order valence-electron chi connectivity index (χ0n) is 16.4. The highest BCUT2D eigenvalue weighted by molar-refractivity contribution is 7.89. The molecule has 6 nitrogen and oxygen atoms in total. The molecule has 0 aliphatic heterocycles. The van der Waals surface area contributed by atoms with Gasteiger partial charge in [-0.05, 0) is 35.9 Å². The summed E-state index contributed by atoms with van der Waals surface area (Å²) < 4.78 is 26.5. The number of benzene rings is 2. The normalized spacial score (nSPS) is 12.0. The Labute approximate surface area is 170 Å². The second kappa shape index (κ2) is 8.98. The van der Waals surface area contributed by atoms with E-state index in [0.29, 0.717) is 18.8 Å². The second-order valence-corrected chi connectivity index (χ2v) is 8.32. The minimum absolute atomic E-state index is 0.243. The molecule has 7 heteroatoms. The lowest BCUT2D eigenvalue weighted by Gasteiger charge is -2.18. The molecule has 3 aromatic rings. The van der Waals surface area contributed by atoms with Gasteiger partial charge in [0.1, 0.15) is 0 Å². The number of sulfonamides is 1. The van der Waals surface area contributed by atoms with E-state index < -0.39 is 10.0 Å². The molecule has 3 rings (SSSR count). The van der Waals surface area contributed by atoms with Gasteiger partial charge in [0.2, 0.25) is 15.9 Å². The molecule has 0 fully saturated rings. The summed E-state index contributed by atoms with van der Waals surface area (Å²) in [6.45, 7) is 4.46. The minimum Gasteiger partial charge on any atom is -0.322 e. The van der Waals surface area contributed by atoms with Crippen molar-refractivity contribution in [2.24, 2.45) is 0 Å². The monoisotopic (exact) mass is 409 g/mol. The van der Waals surface area contributed by atoms with Gasteiger partial charge in [0, 0.05) is 48.0 Å². The molecular formula is C22H23N3O3S. The zero-order valence-corrected chi connectivity index (χ0v) is 17.2. The van der Waals surface area contributed by atoms with E-state index >= 15 is 0 Å². The van der Waals surface area contributed by atoms with Gasteiger partial charge in [0.05, 0.1) is 4.90 Å². The quantitative estimate of drug-likeness (QED) is 0.600. The maximum Gasteiger partial charge on any atom is 0.248 e. The third kappa shape index (κ3) is 4.70. The Morgan fingerprint density at radius 1 is 1.07 bits per heavy atom. The first-order valence-corrected chi connectivity index (χ1v) is 10.8. The van der Waals surface area contributed by atoms with Crippen molar-refractivity contribution < 1.29 is 13.2 Å².